The summed E-state index contributed by atoms with van der Waals surface area (Å²) in [6.45, 7) is 12.2. The first-order valence-electron chi connectivity index (χ1n) is 9.82. The van der Waals surface area contributed by atoms with Crippen LogP contribution in [0.5, 0.6) is 11.5 Å². The van der Waals surface area contributed by atoms with Gasteiger partial charge < -0.3 is 9.47 Å². The molecule has 0 spiro atoms. The van der Waals surface area contributed by atoms with Crippen LogP contribution in [0, 0.1) is 5.41 Å². The zero-order valence-corrected chi connectivity index (χ0v) is 17.0. The molecule has 0 aliphatic carbocycles. The van der Waals surface area contributed by atoms with Crippen molar-refractivity contribution in [2.75, 3.05) is 27.3 Å². The monoisotopic (exact) mass is 348 g/mol. The molecule has 4 nitrogen and oxygen atoms in total. The Morgan fingerprint density at radius 3 is 2.32 bits per heavy atom. The third-order valence-electron chi connectivity index (χ3n) is 5.93. The van der Waals surface area contributed by atoms with Crippen LogP contribution in [0.15, 0.2) is 6.20 Å². The molecule has 0 aromatic carbocycles. The molecule has 25 heavy (non-hydrogen) atoms. The van der Waals surface area contributed by atoms with Crippen LogP contribution < -0.4 is 9.47 Å². The van der Waals surface area contributed by atoms with Gasteiger partial charge in [-0.25, -0.2) is 0 Å². The summed E-state index contributed by atoms with van der Waals surface area (Å²) >= 11 is 0. The number of likely N-dealkylation sites (tertiary alicyclic amines) is 1. The van der Waals surface area contributed by atoms with Gasteiger partial charge in [0.25, 0.3) is 0 Å². The summed E-state index contributed by atoms with van der Waals surface area (Å²) in [5.41, 5.74) is 2.72. The second kappa shape index (κ2) is 8.88. The van der Waals surface area contributed by atoms with E-state index in [0.29, 0.717) is 11.3 Å². The highest BCUT2D eigenvalue weighted by Gasteiger charge is 2.32. The van der Waals surface area contributed by atoms with Gasteiger partial charge in [-0.3, -0.25) is 9.88 Å². The molecule has 0 amide bonds. The van der Waals surface area contributed by atoms with Crippen molar-refractivity contribution < 1.29 is 9.47 Å². The summed E-state index contributed by atoms with van der Waals surface area (Å²) in [6.07, 6.45) is 8.40. The fourth-order valence-electron chi connectivity index (χ4n) is 4.29. The van der Waals surface area contributed by atoms with E-state index < -0.39 is 0 Å². The molecule has 0 N–H and O–H groups in total. The second-order valence-electron chi connectivity index (χ2n) is 7.75. The van der Waals surface area contributed by atoms with Crippen LogP contribution in [0.4, 0.5) is 0 Å². The number of aromatic nitrogens is 1. The molecule has 4 heteroatoms. The van der Waals surface area contributed by atoms with Gasteiger partial charge >= 0.3 is 0 Å². The van der Waals surface area contributed by atoms with Crippen molar-refractivity contribution in [2.45, 2.75) is 72.3 Å². The maximum Gasteiger partial charge on any atom is 0.148 e. The molecule has 1 saturated heterocycles. The van der Waals surface area contributed by atoms with Crippen LogP contribution in [-0.4, -0.2) is 37.2 Å². The molecule has 1 aliphatic rings. The topological polar surface area (TPSA) is 34.6 Å². The first kappa shape index (κ1) is 20.0. The molecule has 0 bridgehead atoms. The Morgan fingerprint density at radius 1 is 1.16 bits per heavy atom. The lowest BCUT2D eigenvalue weighted by Crippen LogP contribution is -2.39. The van der Waals surface area contributed by atoms with Crippen LogP contribution in [0.2, 0.25) is 0 Å². The standard InChI is InChI=1S/C21H36N2O2/c1-7-9-21(8-2)10-12-23(13-11-21)15-17-20(25-6)19(16(3)4)18(24-5)14-22-17/h14,16H,7-13,15H2,1-6H3. The summed E-state index contributed by atoms with van der Waals surface area (Å²) in [7, 11) is 3.44. The zero-order valence-electron chi connectivity index (χ0n) is 17.0. The number of rotatable bonds is 8. The van der Waals surface area contributed by atoms with Crippen LogP contribution in [-0.2, 0) is 6.54 Å². The number of hydrogen-bond donors (Lipinski definition) is 0. The third-order valence-corrected chi connectivity index (χ3v) is 5.93. The Kier molecular flexibility index (Phi) is 7.12. The molecular formula is C21H36N2O2. The van der Waals surface area contributed by atoms with Gasteiger partial charge in [-0.15, -0.1) is 0 Å². The smallest absolute Gasteiger partial charge is 0.148 e. The highest BCUT2D eigenvalue weighted by Crippen LogP contribution is 2.41. The predicted molar refractivity (Wildman–Crippen MR) is 104 cm³/mol. The fraction of sp³-hybridized carbons (Fsp3) is 0.762. The highest BCUT2D eigenvalue weighted by atomic mass is 16.5. The first-order valence-corrected chi connectivity index (χ1v) is 9.82. The maximum absolute atomic E-state index is 5.75. The molecule has 1 aliphatic heterocycles. The van der Waals surface area contributed by atoms with Crippen molar-refractivity contribution in [1.29, 1.82) is 0 Å². The zero-order chi connectivity index (χ0) is 18.4. The summed E-state index contributed by atoms with van der Waals surface area (Å²) in [4.78, 5) is 7.19. The van der Waals surface area contributed by atoms with E-state index in [9.17, 15) is 0 Å². The van der Waals surface area contributed by atoms with Crippen LogP contribution in [0.1, 0.15) is 77.0 Å². The highest BCUT2D eigenvalue weighted by molar-refractivity contribution is 5.48. The summed E-state index contributed by atoms with van der Waals surface area (Å²) < 4.78 is 11.3. The Balaban J connectivity index is 2.15. The Bertz CT molecular complexity index is 549. The number of nitrogens with zero attached hydrogens (tertiary/aromatic N) is 2. The molecule has 0 saturated carbocycles. The van der Waals surface area contributed by atoms with E-state index in [1.54, 1.807) is 14.2 Å². The second-order valence-corrected chi connectivity index (χ2v) is 7.75. The quantitative estimate of drug-likeness (QED) is 0.661. The van der Waals surface area contributed by atoms with E-state index in [1.165, 1.54) is 32.1 Å². The minimum Gasteiger partial charge on any atom is -0.495 e. The molecule has 0 unspecified atom stereocenters. The van der Waals surface area contributed by atoms with Crippen LogP contribution in [0.3, 0.4) is 0 Å². The van der Waals surface area contributed by atoms with E-state index in [-0.39, 0.29) is 0 Å². The van der Waals surface area contributed by atoms with Crippen molar-refractivity contribution in [3.8, 4) is 11.5 Å². The van der Waals surface area contributed by atoms with Crippen molar-refractivity contribution in [3.05, 3.63) is 17.5 Å². The molecular weight excluding hydrogens is 312 g/mol. The van der Waals surface area contributed by atoms with E-state index >= 15 is 0 Å². The van der Waals surface area contributed by atoms with E-state index in [2.05, 4.69) is 37.6 Å². The number of methoxy groups -OCH3 is 2. The molecule has 2 rings (SSSR count). The molecule has 1 aromatic rings. The van der Waals surface area contributed by atoms with Gasteiger partial charge in [-0.2, -0.15) is 0 Å². The third kappa shape index (κ3) is 4.46. The van der Waals surface area contributed by atoms with Crippen molar-refractivity contribution in [3.63, 3.8) is 0 Å². The minimum atomic E-state index is 0.338. The van der Waals surface area contributed by atoms with Gasteiger partial charge in [-0.05, 0) is 43.7 Å². The van der Waals surface area contributed by atoms with Gasteiger partial charge in [-0.1, -0.05) is 40.5 Å². The lowest BCUT2D eigenvalue weighted by atomic mass is 9.73. The predicted octanol–water partition coefficient (Wildman–Crippen LogP) is 5.01. The molecule has 0 atom stereocenters. The van der Waals surface area contributed by atoms with Crippen molar-refractivity contribution in [1.82, 2.24) is 9.88 Å². The van der Waals surface area contributed by atoms with Crippen LogP contribution in [0.25, 0.3) is 0 Å². The number of ether oxygens (including phenoxy) is 2. The minimum absolute atomic E-state index is 0.338. The first-order chi connectivity index (χ1) is 12.0. The van der Waals surface area contributed by atoms with Gasteiger partial charge in [0, 0.05) is 12.1 Å². The van der Waals surface area contributed by atoms with Gasteiger partial charge in [0.15, 0.2) is 0 Å². The fourth-order valence-corrected chi connectivity index (χ4v) is 4.29. The summed E-state index contributed by atoms with van der Waals surface area (Å²) in [5, 5.41) is 0. The van der Waals surface area contributed by atoms with Crippen molar-refractivity contribution in [2.24, 2.45) is 5.41 Å². The van der Waals surface area contributed by atoms with Crippen LogP contribution >= 0.6 is 0 Å². The normalized spacial score (nSPS) is 17.7. The Morgan fingerprint density at radius 2 is 1.84 bits per heavy atom. The molecule has 142 valence electrons. The SMILES string of the molecule is CCCC1(CC)CCN(Cc2ncc(OC)c(C(C)C)c2OC)CC1. The number of hydrogen-bond acceptors (Lipinski definition) is 4. The average molecular weight is 349 g/mol. The number of pyridine rings is 1. The summed E-state index contributed by atoms with van der Waals surface area (Å²) in [6, 6.07) is 0. The molecule has 0 radical (unpaired) electrons. The average Bonchev–Trinajstić information content (AvgIpc) is 2.63. The van der Waals surface area contributed by atoms with Gasteiger partial charge in [0.2, 0.25) is 0 Å². The van der Waals surface area contributed by atoms with Gasteiger partial charge in [0.05, 0.1) is 26.1 Å². The lowest BCUT2D eigenvalue weighted by Gasteiger charge is -2.41. The maximum atomic E-state index is 5.75. The largest absolute Gasteiger partial charge is 0.495 e. The Hall–Kier alpha value is -1.29. The Labute approximate surface area is 153 Å². The molecule has 1 aromatic heterocycles. The molecule has 2 heterocycles. The lowest BCUT2D eigenvalue weighted by molar-refractivity contribution is 0.0845. The number of piperidine rings is 1. The van der Waals surface area contributed by atoms with Crippen molar-refractivity contribution >= 4 is 0 Å². The molecule has 1 fully saturated rings. The van der Waals surface area contributed by atoms with E-state index in [1.807, 2.05) is 6.20 Å². The van der Waals surface area contributed by atoms with Gasteiger partial charge in [0.1, 0.15) is 11.5 Å². The van der Waals surface area contributed by atoms with E-state index in [4.69, 9.17) is 9.47 Å². The van der Waals surface area contributed by atoms with E-state index in [0.717, 1.165) is 42.4 Å². The summed E-state index contributed by atoms with van der Waals surface area (Å²) in [5.74, 6) is 2.06.